The van der Waals surface area contributed by atoms with Crippen molar-refractivity contribution in [3.8, 4) is 0 Å². The van der Waals surface area contributed by atoms with Gasteiger partial charge in [-0.05, 0) is 19.4 Å². The number of nitrogens with one attached hydrogen (secondary N) is 1. The quantitative estimate of drug-likeness (QED) is 0.828. The Balaban J connectivity index is 2.08. The average Bonchev–Trinajstić information content (AvgIpc) is 2.33. The minimum absolute atomic E-state index is 0.0245. The van der Waals surface area contributed by atoms with Gasteiger partial charge in [0, 0.05) is 26.2 Å². The lowest BCUT2D eigenvalue weighted by atomic mass is 10.1. The molecule has 1 fully saturated rings. The van der Waals surface area contributed by atoms with Gasteiger partial charge in [-0.15, -0.1) is 0 Å². The third-order valence-electron chi connectivity index (χ3n) is 3.18. The molecule has 0 aliphatic carbocycles. The summed E-state index contributed by atoms with van der Waals surface area (Å²) in [5.41, 5.74) is 0.825. The number of rotatable bonds is 3. The molecule has 1 N–H and O–H groups in total. The Bertz CT molecular complexity index is 421. The molecule has 1 aliphatic rings. The highest BCUT2D eigenvalue weighted by atomic mass is 16.1. The van der Waals surface area contributed by atoms with Crippen LogP contribution >= 0.6 is 0 Å². The second kappa shape index (κ2) is 5.31. The van der Waals surface area contributed by atoms with E-state index in [9.17, 15) is 4.79 Å². The highest BCUT2D eigenvalue weighted by Crippen LogP contribution is 2.08. The van der Waals surface area contributed by atoms with Gasteiger partial charge in [-0.25, -0.2) is 4.68 Å². The van der Waals surface area contributed by atoms with Crippen molar-refractivity contribution in [3.05, 3.63) is 22.6 Å². The van der Waals surface area contributed by atoms with Crippen molar-refractivity contribution in [2.45, 2.75) is 31.8 Å². The number of anilines is 1. The largest absolute Gasteiger partial charge is 0.376 e. The molecule has 0 bridgehead atoms. The molecule has 2 heterocycles. The maximum Gasteiger partial charge on any atom is 0.268 e. The van der Waals surface area contributed by atoms with Crippen molar-refractivity contribution in [2.75, 3.05) is 25.5 Å². The van der Waals surface area contributed by atoms with Gasteiger partial charge in [-0.1, -0.05) is 6.42 Å². The normalized spacial score (nSPS) is 20.2. The Hall–Kier alpha value is -1.36. The first-order chi connectivity index (χ1) is 8.16. The summed E-state index contributed by atoms with van der Waals surface area (Å²) in [6.45, 7) is 1.72. The highest BCUT2D eigenvalue weighted by molar-refractivity contribution is 5.40. The second-order valence-corrected chi connectivity index (χ2v) is 4.78. The van der Waals surface area contributed by atoms with Gasteiger partial charge in [0.15, 0.2) is 0 Å². The van der Waals surface area contributed by atoms with E-state index in [1.807, 2.05) is 19.0 Å². The van der Waals surface area contributed by atoms with Gasteiger partial charge in [0.1, 0.15) is 0 Å². The predicted molar refractivity (Wildman–Crippen MR) is 68.5 cm³/mol. The molecule has 94 valence electrons. The van der Waals surface area contributed by atoms with Crippen molar-refractivity contribution in [1.82, 2.24) is 15.1 Å². The van der Waals surface area contributed by atoms with Gasteiger partial charge in [0.05, 0.1) is 18.4 Å². The Kier molecular flexibility index (Phi) is 3.78. The molecule has 0 spiro atoms. The summed E-state index contributed by atoms with van der Waals surface area (Å²) in [5, 5.41) is 7.64. The van der Waals surface area contributed by atoms with Crippen LogP contribution in [0.1, 0.15) is 19.3 Å². The smallest absolute Gasteiger partial charge is 0.268 e. The van der Waals surface area contributed by atoms with Gasteiger partial charge in [0.25, 0.3) is 5.56 Å². The molecule has 0 saturated carbocycles. The zero-order chi connectivity index (χ0) is 12.3. The lowest BCUT2D eigenvalue weighted by Crippen LogP contribution is -2.40. The molecule has 0 aromatic carbocycles. The van der Waals surface area contributed by atoms with Crippen LogP contribution in [0.4, 0.5) is 5.69 Å². The van der Waals surface area contributed by atoms with E-state index in [0.717, 1.165) is 18.7 Å². The second-order valence-electron chi connectivity index (χ2n) is 4.78. The van der Waals surface area contributed by atoms with Crippen LogP contribution in [0, 0.1) is 0 Å². The van der Waals surface area contributed by atoms with E-state index in [-0.39, 0.29) is 5.56 Å². The van der Waals surface area contributed by atoms with E-state index in [4.69, 9.17) is 0 Å². The van der Waals surface area contributed by atoms with Crippen LogP contribution in [0.5, 0.6) is 0 Å². The minimum atomic E-state index is -0.0245. The first-order valence-electron chi connectivity index (χ1n) is 6.14. The zero-order valence-corrected chi connectivity index (χ0v) is 10.5. The molecule has 5 nitrogen and oxygen atoms in total. The monoisotopic (exact) mass is 236 g/mol. The topological polar surface area (TPSA) is 50.2 Å². The fraction of sp³-hybridized carbons (Fsp3) is 0.667. The van der Waals surface area contributed by atoms with E-state index >= 15 is 0 Å². The summed E-state index contributed by atoms with van der Waals surface area (Å²) < 4.78 is 1.55. The van der Waals surface area contributed by atoms with E-state index in [0.29, 0.717) is 12.6 Å². The molecule has 1 aromatic rings. The number of hydrogen-bond acceptors (Lipinski definition) is 4. The fourth-order valence-corrected chi connectivity index (χ4v) is 2.09. The van der Waals surface area contributed by atoms with Crippen molar-refractivity contribution in [2.24, 2.45) is 0 Å². The van der Waals surface area contributed by atoms with Crippen molar-refractivity contribution in [3.63, 3.8) is 0 Å². The molecule has 0 amide bonds. The third kappa shape index (κ3) is 3.06. The number of nitrogens with zero attached hydrogens (tertiary/aromatic N) is 3. The predicted octanol–water partition coefficient (Wildman–Crippen LogP) is 0.451. The molecule has 1 atom stereocenters. The van der Waals surface area contributed by atoms with Crippen LogP contribution < -0.4 is 15.8 Å². The van der Waals surface area contributed by atoms with Crippen LogP contribution in [0.2, 0.25) is 0 Å². The fourth-order valence-electron chi connectivity index (χ4n) is 2.09. The zero-order valence-electron chi connectivity index (χ0n) is 10.5. The molecule has 0 radical (unpaired) electrons. The number of hydrogen-bond donors (Lipinski definition) is 1. The minimum Gasteiger partial charge on any atom is -0.376 e. The van der Waals surface area contributed by atoms with E-state index < -0.39 is 0 Å². The van der Waals surface area contributed by atoms with Crippen LogP contribution in [0.15, 0.2) is 17.1 Å². The van der Waals surface area contributed by atoms with Crippen molar-refractivity contribution >= 4 is 5.69 Å². The lowest BCUT2D eigenvalue weighted by molar-refractivity contribution is 0.345. The Morgan fingerprint density at radius 3 is 2.94 bits per heavy atom. The Morgan fingerprint density at radius 2 is 2.35 bits per heavy atom. The highest BCUT2D eigenvalue weighted by Gasteiger charge is 2.14. The van der Waals surface area contributed by atoms with Crippen LogP contribution in [0.25, 0.3) is 0 Å². The van der Waals surface area contributed by atoms with Crippen LogP contribution in [0.3, 0.4) is 0 Å². The van der Waals surface area contributed by atoms with E-state index in [2.05, 4.69) is 10.4 Å². The summed E-state index contributed by atoms with van der Waals surface area (Å²) in [5.74, 6) is 0. The summed E-state index contributed by atoms with van der Waals surface area (Å²) in [7, 11) is 3.81. The molecule has 1 unspecified atom stereocenters. The summed E-state index contributed by atoms with van der Waals surface area (Å²) in [4.78, 5) is 13.8. The van der Waals surface area contributed by atoms with Gasteiger partial charge >= 0.3 is 0 Å². The summed E-state index contributed by atoms with van der Waals surface area (Å²) in [6, 6.07) is 2.02. The van der Waals surface area contributed by atoms with Gasteiger partial charge in [-0.2, -0.15) is 5.10 Å². The first kappa shape index (κ1) is 12.1. The number of aromatic nitrogens is 2. The van der Waals surface area contributed by atoms with E-state index in [1.165, 1.54) is 12.8 Å². The van der Waals surface area contributed by atoms with Gasteiger partial charge in [0.2, 0.25) is 0 Å². The molecule has 1 aromatic heterocycles. The summed E-state index contributed by atoms with van der Waals surface area (Å²) >= 11 is 0. The first-order valence-corrected chi connectivity index (χ1v) is 6.14. The van der Waals surface area contributed by atoms with Crippen molar-refractivity contribution in [1.29, 1.82) is 0 Å². The molecular formula is C12H20N4O. The Morgan fingerprint density at radius 1 is 1.53 bits per heavy atom. The molecule has 2 rings (SSSR count). The van der Waals surface area contributed by atoms with Crippen LogP contribution in [-0.2, 0) is 6.54 Å². The Labute approximate surface area is 101 Å². The third-order valence-corrected chi connectivity index (χ3v) is 3.18. The summed E-state index contributed by atoms with van der Waals surface area (Å²) in [6.07, 6.45) is 5.34. The van der Waals surface area contributed by atoms with Gasteiger partial charge < -0.3 is 10.2 Å². The molecular weight excluding hydrogens is 216 g/mol. The van der Waals surface area contributed by atoms with Crippen molar-refractivity contribution < 1.29 is 0 Å². The molecule has 5 heteroatoms. The average molecular weight is 236 g/mol. The number of piperidine rings is 1. The molecule has 1 saturated heterocycles. The maximum absolute atomic E-state index is 11.9. The maximum atomic E-state index is 11.9. The molecule has 1 aliphatic heterocycles. The van der Waals surface area contributed by atoms with Gasteiger partial charge in [-0.3, -0.25) is 4.79 Å². The molecule has 17 heavy (non-hydrogen) atoms. The van der Waals surface area contributed by atoms with E-state index in [1.54, 1.807) is 16.9 Å². The van der Waals surface area contributed by atoms with Crippen LogP contribution in [-0.4, -0.2) is 36.5 Å². The SMILES string of the molecule is CN(C)c1cnn(CC2CCCCN2)c(=O)c1. The lowest BCUT2D eigenvalue weighted by Gasteiger charge is -2.23. The standard InChI is InChI=1S/C12H20N4O/c1-15(2)11-7-12(17)16(14-8-11)9-10-5-3-4-6-13-10/h7-8,10,13H,3-6,9H2,1-2H3.